The van der Waals surface area contributed by atoms with Gasteiger partial charge in [-0.3, -0.25) is 0 Å². The molecule has 6 nitrogen and oxygen atoms in total. The van der Waals surface area contributed by atoms with Crippen molar-refractivity contribution in [3.63, 3.8) is 0 Å². The molecule has 1 rings (SSSR count). The number of benzene rings is 1. The van der Waals surface area contributed by atoms with Gasteiger partial charge in [0.25, 0.3) is 0 Å². The van der Waals surface area contributed by atoms with Crippen molar-refractivity contribution in [2.45, 2.75) is 13.5 Å². The van der Waals surface area contributed by atoms with Gasteiger partial charge in [0.15, 0.2) is 0 Å². The maximum absolute atomic E-state index is 12.2. The van der Waals surface area contributed by atoms with Crippen molar-refractivity contribution < 1.29 is 14.6 Å². The zero-order valence-corrected chi connectivity index (χ0v) is 12.8. The number of ether oxygens (including phenoxy) is 1. The van der Waals surface area contributed by atoms with Gasteiger partial charge >= 0.3 is 6.09 Å². The van der Waals surface area contributed by atoms with Gasteiger partial charge in [0.1, 0.15) is 6.61 Å². The number of nitrogens with one attached hydrogen (secondary N) is 1. The molecule has 0 bridgehead atoms. The van der Waals surface area contributed by atoms with Gasteiger partial charge in [-0.05, 0) is 12.1 Å². The predicted octanol–water partition coefficient (Wildman–Crippen LogP) is 1.07. The molecule has 0 heterocycles. The summed E-state index contributed by atoms with van der Waals surface area (Å²) in [4.78, 5) is 12.2. The van der Waals surface area contributed by atoms with Gasteiger partial charge in [0.2, 0.25) is 0 Å². The number of hydrazine groups is 1. The molecule has 0 aliphatic heterocycles. The minimum Gasteiger partial charge on any atom is -0.444 e. The van der Waals surface area contributed by atoms with Crippen LogP contribution in [-0.2, 0) is 11.3 Å². The van der Waals surface area contributed by atoms with E-state index in [1.54, 1.807) is 12.1 Å². The zero-order chi connectivity index (χ0) is 15.5. The molecule has 0 spiro atoms. The van der Waals surface area contributed by atoms with Crippen molar-refractivity contribution in [3.8, 4) is 0 Å². The summed E-state index contributed by atoms with van der Waals surface area (Å²) < 4.78 is 5.32. The predicted molar refractivity (Wildman–Crippen MR) is 81.6 cm³/mol. The summed E-state index contributed by atoms with van der Waals surface area (Å²) in [5.41, 5.74) is 0.947. The summed E-state index contributed by atoms with van der Waals surface area (Å²) in [6.45, 7) is 4.63. The second-order valence-electron chi connectivity index (χ2n) is 4.62. The lowest BCUT2D eigenvalue weighted by Gasteiger charge is -2.30. The molecular formula is C15H25N3O3. The second-order valence-corrected chi connectivity index (χ2v) is 4.62. The quantitative estimate of drug-likeness (QED) is 0.527. The lowest BCUT2D eigenvalue weighted by Crippen LogP contribution is -2.48. The molecule has 1 amide bonds. The number of carbonyl (C=O) groups is 1. The summed E-state index contributed by atoms with van der Waals surface area (Å²) >= 11 is 0. The Morgan fingerprint density at radius 2 is 2.00 bits per heavy atom. The average Bonchev–Trinajstić information content (AvgIpc) is 2.50. The van der Waals surface area contributed by atoms with E-state index in [0.29, 0.717) is 19.6 Å². The van der Waals surface area contributed by atoms with E-state index in [2.05, 4.69) is 5.32 Å². The van der Waals surface area contributed by atoms with Crippen molar-refractivity contribution in [2.24, 2.45) is 0 Å². The molecule has 1 aromatic rings. The third-order valence-electron chi connectivity index (χ3n) is 3.00. The van der Waals surface area contributed by atoms with Crippen LogP contribution in [-0.4, -0.2) is 61.1 Å². The number of likely N-dealkylation sites (N-methyl/N-ethyl adjacent to an activating group) is 2. The smallest absolute Gasteiger partial charge is 0.424 e. The standard InChI is InChI=1S/C15H25N3O3/c1-3-16-9-10-18(17(2)11-12-19)15(20)21-13-14-7-5-4-6-8-14/h4-8,16,19H,3,9-13H2,1-2H3. The van der Waals surface area contributed by atoms with Crippen LogP contribution in [0.4, 0.5) is 4.79 Å². The fraction of sp³-hybridized carbons (Fsp3) is 0.533. The molecule has 0 fully saturated rings. The molecule has 0 unspecified atom stereocenters. The minimum absolute atomic E-state index is 0.0137. The van der Waals surface area contributed by atoms with E-state index in [1.807, 2.05) is 37.3 Å². The lowest BCUT2D eigenvalue weighted by molar-refractivity contribution is -0.0147. The number of nitrogens with zero attached hydrogens (tertiary/aromatic N) is 2. The molecule has 118 valence electrons. The van der Waals surface area contributed by atoms with Crippen LogP contribution in [0.3, 0.4) is 0 Å². The monoisotopic (exact) mass is 295 g/mol. The van der Waals surface area contributed by atoms with Crippen LogP contribution in [0.5, 0.6) is 0 Å². The van der Waals surface area contributed by atoms with Crippen molar-refractivity contribution >= 4 is 6.09 Å². The topological polar surface area (TPSA) is 65.0 Å². The van der Waals surface area contributed by atoms with Crippen LogP contribution in [0.1, 0.15) is 12.5 Å². The van der Waals surface area contributed by atoms with Gasteiger partial charge in [0.05, 0.1) is 13.2 Å². The Hall–Kier alpha value is -1.63. The Bertz CT molecular complexity index is 400. The van der Waals surface area contributed by atoms with E-state index in [4.69, 9.17) is 9.84 Å². The Morgan fingerprint density at radius 3 is 2.62 bits per heavy atom. The molecule has 0 saturated carbocycles. The van der Waals surface area contributed by atoms with Gasteiger partial charge in [-0.1, -0.05) is 37.3 Å². The highest BCUT2D eigenvalue weighted by Gasteiger charge is 2.19. The summed E-state index contributed by atoms with van der Waals surface area (Å²) in [6.07, 6.45) is -0.410. The first-order valence-electron chi connectivity index (χ1n) is 7.19. The third-order valence-corrected chi connectivity index (χ3v) is 3.00. The molecule has 1 aromatic carbocycles. The number of aliphatic hydroxyl groups is 1. The number of hydrogen-bond acceptors (Lipinski definition) is 5. The van der Waals surface area contributed by atoms with Crippen LogP contribution >= 0.6 is 0 Å². The normalized spacial score (nSPS) is 10.7. The molecule has 0 atom stereocenters. The van der Waals surface area contributed by atoms with Crippen LogP contribution < -0.4 is 5.32 Å². The van der Waals surface area contributed by atoms with E-state index >= 15 is 0 Å². The highest BCUT2D eigenvalue weighted by atomic mass is 16.6. The van der Waals surface area contributed by atoms with Gasteiger partial charge < -0.3 is 15.2 Å². The van der Waals surface area contributed by atoms with E-state index in [1.165, 1.54) is 5.01 Å². The highest BCUT2D eigenvalue weighted by Crippen LogP contribution is 2.04. The molecule has 0 aliphatic rings. The largest absolute Gasteiger partial charge is 0.444 e. The van der Waals surface area contributed by atoms with E-state index in [9.17, 15) is 4.79 Å². The third kappa shape index (κ3) is 6.57. The van der Waals surface area contributed by atoms with Gasteiger partial charge in [0, 0.05) is 20.1 Å². The first kappa shape index (κ1) is 17.4. The van der Waals surface area contributed by atoms with Crippen molar-refractivity contribution in [3.05, 3.63) is 35.9 Å². The van der Waals surface area contributed by atoms with Gasteiger partial charge in [-0.2, -0.15) is 0 Å². The van der Waals surface area contributed by atoms with Gasteiger partial charge in [-0.25, -0.2) is 14.8 Å². The molecule has 0 aromatic heterocycles. The molecule has 2 N–H and O–H groups in total. The maximum Gasteiger partial charge on any atom is 0.424 e. The van der Waals surface area contributed by atoms with Crippen LogP contribution in [0.15, 0.2) is 30.3 Å². The fourth-order valence-electron chi connectivity index (χ4n) is 1.82. The summed E-state index contributed by atoms with van der Waals surface area (Å²) in [6, 6.07) is 9.55. The van der Waals surface area contributed by atoms with E-state index < -0.39 is 6.09 Å². The SMILES string of the molecule is CCNCCN(C(=O)OCc1ccccc1)N(C)CCO. The average molecular weight is 295 g/mol. The van der Waals surface area contributed by atoms with Crippen LogP contribution in [0, 0.1) is 0 Å². The first-order chi connectivity index (χ1) is 10.2. The second kappa shape index (κ2) is 10.1. The zero-order valence-electron chi connectivity index (χ0n) is 12.8. The molecular weight excluding hydrogens is 270 g/mol. The molecule has 6 heteroatoms. The highest BCUT2D eigenvalue weighted by molar-refractivity contribution is 5.67. The molecule has 0 saturated heterocycles. The van der Waals surface area contributed by atoms with Crippen molar-refractivity contribution in [2.75, 3.05) is 39.8 Å². The van der Waals surface area contributed by atoms with Gasteiger partial charge in [-0.15, -0.1) is 0 Å². The fourth-order valence-corrected chi connectivity index (χ4v) is 1.82. The number of aliphatic hydroxyl groups excluding tert-OH is 1. The maximum atomic E-state index is 12.2. The molecule has 0 aliphatic carbocycles. The van der Waals surface area contributed by atoms with E-state index in [0.717, 1.165) is 12.1 Å². The molecule has 0 radical (unpaired) electrons. The van der Waals surface area contributed by atoms with Crippen molar-refractivity contribution in [1.29, 1.82) is 0 Å². The Morgan fingerprint density at radius 1 is 1.29 bits per heavy atom. The minimum atomic E-state index is -0.410. The Balaban J connectivity index is 2.52. The van der Waals surface area contributed by atoms with Crippen LogP contribution in [0.2, 0.25) is 0 Å². The number of carbonyl (C=O) groups excluding carboxylic acids is 1. The van der Waals surface area contributed by atoms with E-state index in [-0.39, 0.29) is 13.2 Å². The Labute approximate surface area is 126 Å². The number of hydrogen-bond donors (Lipinski definition) is 2. The summed E-state index contributed by atoms with van der Waals surface area (Å²) in [5, 5.41) is 15.3. The lowest BCUT2D eigenvalue weighted by atomic mass is 10.2. The molecule has 21 heavy (non-hydrogen) atoms. The number of amides is 1. The van der Waals surface area contributed by atoms with Crippen molar-refractivity contribution in [1.82, 2.24) is 15.3 Å². The summed E-state index contributed by atoms with van der Waals surface area (Å²) in [5.74, 6) is 0. The summed E-state index contributed by atoms with van der Waals surface area (Å²) in [7, 11) is 1.76. The van der Waals surface area contributed by atoms with Crippen LogP contribution in [0.25, 0.3) is 0 Å². The Kier molecular flexibility index (Phi) is 8.42. The number of rotatable bonds is 9. The first-order valence-corrected chi connectivity index (χ1v) is 7.19.